The molecule has 194 valence electrons. The Morgan fingerprint density at radius 2 is 1.77 bits per heavy atom. The summed E-state index contributed by atoms with van der Waals surface area (Å²) in [6.07, 6.45) is 1.98. The number of nitro benzene ring substituents is 1. The Labute approximate surface area is 228 Å². The van der Waals surface area contributed by atoms with Gasteiger partial charge < -0.3 is 14.6 Å². The fourth-order valence-corrected chi connectivity index (χ4v) is 5.04. The summed E-state index contributed by atoms with van der Waals surface area (Å²) >= 11 is 5.33. The maximum atomic E-state index is 12.8. The van der Waals surface area contributed by atoms with Gasteiger partial charge in [-0.2, -0.15) is 0 Å². The smallest absolute Gasteiger partial charge is 0.293 e. The summed E-state index contributed by atoms with van der Waals surface area (Å²) in [5.41, 5.74) is 3.31. The SMILES string of the molecule is O=C(NC(=S)Nc1ccc2oc(-c3ccc4ccccc4c3)nc2c1)c1ccc(N2CCCC2)c([N+](=O)[O-])c1. The lowest BCUT2D eigenvalue weighted by atomic mass is 10.1. The van der Waals surface area contributed by atoms with Crippen molar-refractivity contribution in [2.45, 2.75) is 12.8 Å². The molecule has 39 heavy (non-hydrogen) atoms. The van der Waals surface area contributed by atoms with Crippen molar-refractivity contribution in [2.24, 2.45) is 0 Å². The van der Waals surface area contributed by atoms with Crippen LogP contribution in [0.5, 0.6) is 0 Å². The number of benzene rings is 4. The molecule has 0 unspecified atom stereocenters. The first-order valence-corrected chi connectivity index (χ1v) is 12.9. The highest BCUT2D eigenvalue weighted by Gasteiger charge is 2.24. The maximum absolute atomic E-state index is 12.8. The molecule has 9 nitrogen and oxygen atoms in total. The topological polar surface area (TPSA) is 114 Å². The molecule has 6 rings (SSSR count). The Bertz CT molecular complexity index is 1760. The Hall–Kier alpha value is -4.83. The number of fused-ring (bicyclic) bond motifs is 2. The number of hydrogen-bond acceptors (Lipinski definition) is 7. The summed E-state index contributed by atoms with van der Waals surface area (Å²) < 4.78 is 5.96. The van der Waals surface area contributed by atoms with Crippen LogP contribution < -0.4 is 15.5 Å². The summed E-state index contributed by atoms with van der Waals surface area (Å²) in [6.45, 7) is 1.53. The normalized spacial score (nSPS) is 13.1. The quantitative estimate of drug-likeness (QED) is 0.153. The fraction of sp³-hybridized carbons (Fsp3) is 0.138. The van der Waals surface area contributed by atoms with Gasteiger partial charge in [0.15, 0.2) is 10.7 Å². The molecular weight excluding hydrogens is 514 g/mol. The number of nitrogens with zero attached hydrogens (tertiary/aromatic N) is 3. The summed E-state index contributed by atoms with van der Waals surface area (Å²) in [5, 5.41) is 19.5. The summed E-state index contributed by atoms with van der Waals surface area (Å²) in [4.78, 5) is 30.6. The molecule has 0 spiro atoms. The van der Waals surface area contributed by atoms with Gasteiger partial charge in [-0.15, -0.1) is 0 Å². The lowest BCUT2D eigenvalue weighted by Gasteiger charge is -2.18. The van der Waals surface area contributed by atoms with Crippen molar-refractivity contribution in [3.8, 4) is 11.5 Å². The van der Waals surface area contributed by atoms with E-state index in [1.54, 1.807) is 30.3 Å². The lowest BCUT2D eigenvalue weighted by molar-refractivity contribution is -0.384. The Balaban J connectivity index is 1.16. The van der Waals surface area contributed by atoms with E-state index in [9.17, 15) is 14.9 Å². The fourth-order valence-electron chi connectivity index (χ4n) is 4.82. The van der Waals surface area contributed by atoms with Crippen molar-refractivity contribution < 1.29 is 14.1 Å². The van der Waals surface area contributed by atoms with E-state index in [0.29, 0.717) is 28.4 Å². The van der Waals surface area contributed by atoms with Crippen molar-refractivity contribution in [3.63, 3.8) is 0 Å². The number of amides is 1. The molecule has 5 aromatic rings. The van der Waals surface area contributed by atoms with Crippen LogP contribution >= 0.6 is 12.2 Å². The summed E-state index contributed by atoms with van der Waals surface area (Å²) in [5.74, 6) is -0.0348. The number of carbonyl (C=O) groups excluding carboxylic acids is 1. The molecule has 1 saturated heterocycles. The van der Waals surface area contributed by atoms with E-state index in [-0.39, 0.29) is 16.4 Å². The highest BCUT2D eigenvalue weighted by Crippen LogP contribution is 2.32. The second-order valence-corrected chi connectivity index (χ2v) is 9.73. The third-order valence-corrected chi connectivity index (χ3v) is 6.95. The van der Waals surface area contributed by atoms with Crippen LogP contribution in [0.4, 0.5) is 17.1 Å². The molecule has 0 bridgehead atoms. The third kappa shape index (κ3) is 5.01. The van der Waals surface area contributed by atoms with Gasteiger partial charge in [0.25, 0.3) is 11.6 Å². The van der Waals surface area contributed by atoms with Gasteiger partial charge in [0, 0.05) is 36.0 Å². The standard InChI is InChI=1S/C29H23N5O4S/c35-27(20-9-11-24(25(16-20)34(36)37)33-13-3-4-14-33)32-29(39)30-22-10-12-26-23(17-22)31-28(38-26)21-8-7-18-5-1-2-6-19(18)15-21/h1-2,5-12,15-17H,3-4,13-14H2,(H2,30,32,35,39). The van der Waals surface area contributed by atoms with E-state index in [4.69, 9.17) is 16.6 Å². The number of nitro groups is 1. The van der Waals surface area contributed by atoms with Crippen LogP contribution in [0.2, 0.25) is 0 Å². The van der Waals surface area contributed by atoms with Crippen LogP contribution in [-0.4, -0.2) is 34.0 Å². The van der Waals surface area contributed by atoms with Gasteiger partial charge in [-0.05, 0) is 78.3 Å². The molecule has 0 aliphatic carbocycles. The third-order valence-electron chi connectivity index (χ3n) is 6.75. The number of oxazole rings is 1. The zero-order chi connectivity index (χ0) is 26.9. The van der Waals surface area contributed by atoms with Crippen molar-refractivity contribution in [1.29, 1.82) is 0 Å². The van der Waals surface area contributed by atoms with E-state index >= 15 is 0 Å². The van der Waals surface area contributed by atoms with Gasteiger partial charge in [0.1, 0.15) is 11.2 Å². The molecule has 4 aromatic carbocycles. The minimum absolute atomic E-state index is 0.0591. The van der Waals surface area contributed by atoms with Gasteiger partial charge in [-0.1, -0.05) is 30.3 Å². The molecule has 0 radical (unpaired) electrons. The Kier molecular flexibility index (Phi) is 6.37. The average Bonchev–Trinajstić information content (AvgIpc) is 3.62. The maximum Gasteiger partial charge on any atom is 0.293 e. The molecule has 1 aliphatic heterocycles. The van der Waals surface area contributed by atoms with E-state index in [1.807, 2.05) is 41.3 Å². The van der Waals surface area contributed by atoms with Crippen LogP contribution in [-0.2, 0) is 0 Å². The van der Waals surface area contributed by atoms with Crippen molar-refractivity contribution >= 4 is 62.2 Å². The number of anilines is 2. The molecule has 1 aromatic heterocycles. The molecule has 10 heteroatoms. The minimum atomic E-state index is -0.537. The lowest BCUT2D eigenvalue weighted by Crippen LogP contribution is -2.34. The van der Waals surface area contributed by atoms with Crippen molar-refractivity contribution in [1.82, 2.24) is 10.3 Å². The van der Waals surface area contributed by atoms with Crippen LogP contribution in [0, 0.1) is 10.1 Å². The minimum Gasteiger partial charge on any atom is -0.436 e. The van der Waals surface area contributed by atoms with Crippen LogP contribution in [0.3, 0.4) is 0 Å². The number of carbonyl (C=O) groups is 1. The van der Waals surface area contributed by atoms with Gasteiger partial charge in [-0.3, -0.25) is 20.2 Å². The van der Waals surface area contributed by atoms with E-state index < -0.39 is 10.8 Å². The van der Waals surface area contributed by atoms with Crippen LogP contribution in [0.15, 0.2) is 83.3 Å². The number of rotatable bonds is 5. The number of thiocarbonyl (C=S) groups is 1. The molecular formula is C29H23N5O4S. The second-order valence-electron chi connectivity index (χ2n) is 9.33. The number of hydrogen-bond donors (Lipinski definition) is 2. The molecule has 1 amide bonds. The summed E-state index contributed by atoms with van der Waals surface area (Å²) in [6, 6.07) is 23.9. The predicted octanol–water partition coefficient (Wildman–Crippen LogP) is 6.28. The van der Waals surface area contributed by atoms with Gasteiger partial charge >= 0.3 is 0 Å². The highest BCUT2D eigenvalue weighted by molar-refractivity contribution is 7.80. The molecule has 1 fully saturated rings. The van der Waals surface area contributed by atoms with E-state index in [0.717, 1.165) is 42.3 Å². The number of nitrogens with one attached hydrogen (secondary N) is 2. The first-order chi connectivity index (χ1) is 18.9. The molecule has 2 heterocycles. The van der Waals surface area contributed by atoms with Gasteiger partial charge in [0.05, 0.1) is 4.92 Å². The Morgan fingerprint density at radius 3 is 2.56 bits per heavy atom. The average molecular weight is 538 g/mol. The van der Waals surface area contributed by atoms with Gasteiger partial charge in [0.2, 0.25) is 5.89 Å². The molecule has 0 atom stereocenters. The van der Waals surface area contributed by atoms with Gasteiger partial charge in [-0.25, -0.2) is 4.98 Å². The van der Waals surface area contributed by atoms with Crippen molar-refractivity contribution in [3.05, 3.63) is 94.5 Å². The number of aromatic nitrogens is 1. The first kappa shape index (κ1) is 24.5. The zero-order valence-corrected chi connectivity index (χ0v) is 21.5. The molecule has 0 saturated carbocycles. The largest absolute Gasteiger partial charge is 0.436 e. The van der Waals surface area contributed by atoms with Crippen LogP contribution in [0.1, 0.15) is 23.2 Å². The zero-order valence-electron chi connectivity index (χ0n) is 20.7. The second kappa shape index (κ2) is 10.1. The monoisotopic (exact) mass is 537 g/mol. The molecule has 1 aliphatic rings. The first-order valence-electron chi connectivity index (χ1n) is 12.5. The van der Waals surface area contributed by atoms with Crippen molar-refractivity contribution in [2.75, 3.05) is 23.3 Å². The van der Waals surface area contributed by atoms with E-state index in [2.05, 4.69) is 21.7 Å². The molecule has 2 N–H and O–H groups in total. The highest BCUT2D eigenvalue weighted by atomic mass is 32.1. The van der Waals surface area contributed by atoms with E-state index in [1.165, 1.54) is 6.07 Å². The Morgan fingerprint density at radius 1 is 0.974 bits per heavy atom. The summed E-state index contributed by atoms with van der Waals surface area (Å²) in [7, 11) is 0. The van der Waals surface area contributed by atoms with Crippen LogP contribution in [0.25, 0.3) is 33.3 Å². The predicted molar refractivity (Wildman–Crippen MR) is 155 cm³/mol.